The number of sulfonamides is 1. The van der Waals surface area contributed by atoms with E-state index in [1.807, 2.05) is 25.1 Å². The average Bonchev–Trinajstić information content (AvgIpc) is 3.00. The standard InChI is InChI=1S/C20H22BrFN2O4S/c1-4-23(29(26,27)19-11-16(22)6-8-18(19)28-3)12-20(25)24-13(2)9-14-10-15(21)5-7-17(14)24/h5-8,10-11,13H,4,9,12H2,1-3H3. The highest BCUT2D eigenvalue weighted by molar-refractivity contribution is 9.10. The predicted octanol–water partition coefficient (Wildman–Crippen LogP) is 3.59. The largest absolute Gasteiger partial charge is 0.495 e. The molecule has 6 nitrogen and oxygen atoms in total. The number of rotatable bonds is 6. The van der Waals surface area contributed by atoms with Gasteiger partial charge in [-0.2, -0.15) is 4.31 Å². The Kier molecular flexibility index (Phi) is 6.30. The van der Waals surface area contributed by atoms with Crippen molar-refractivity contribution in [3.8, 4) is 5.75 Å². The predicted molar refractivity (Wildman–Crippen MR) is 112 cm³/mol. The number of methoxy groups -OCH3 is 1. The van der Waals surface area contributed by atoms with Gasteiger partial charge in [-0.1, -0.05) is 22.9 Å². The Morgan fingerprint density at radius 3 is 2.69 bits per heavy atom. The molecule has 0 saturated heterocycles. The fourth-order valence-electron chi connectivity index (χ4n) is 3.56. The van der Waals surface area contributed by atoms with Crippen molar-refractivity contribution in [3.63, 3.8) is 0 Å². The third-order valence-corrected chi connectivity index (χ3v) is 7.37. The van der Waals surface area contributed by atoms with E-state index in [9.17, 15) is 17.6 Å². The molecule has 0 radical (unpaired) electrons. The second-order valence-corrected chi connectivity index (χ2v) is 9.64. The molecule has 1 amide bonds. The van der Waals surface area contributed by atoms with E-state index < -0.39 is 15.8 Å². The Hall–Kier alpha value is -1.97. The second-order valence-electron chi connectivity index (χ2n) is 6.82. The summed E-state index contributed by atoms with van der Waals surface area (Å²) in [4.78, 5) is 14.4. The summed E-state index contributed by atoms with van der Waals surface area (Å²) in [5, 5.41) is 0. The first kappa shape index (κ1) is 21.7. The number of fused-ring (bicyclic) bond motifs is 1. The van der Waals surface area contributed by atoms with Gasteiger partial charge in [0.05, 0.1) is 13.7 Å². The molecule has 0 aliphatic carbocycles. The monoisotopic (exact) mass is 484 g/mol. The fourth-order valence-corrected chi connectivity index (χ4v) is 5.54. The van der Waals surface area contributed by atoms with Gasteiger partial charge in [0.1, 0.15) is 16.5 Å². The molecule has 2 aromatic rings. The van der Waals surface area contributed by atoms with Crippen LogP contribution in [0.5, 0.6) is 5.75 Å². The molecule has 0 fully saturated rings. The van der Waals surface area contributed by atoms with Crippen LogP contribution in [-0.4, -0.2) is 44.9 Å². The SMILES string of the molecule is CCN(CC(=O)N1c2ccc(Br)cc2CC1C)S(=O)(=O)c1cc(F)ccc1OC. The van der Waals surface area contributed by atoms with Crippen molar-refractivity contribution >= 4 is 37.5 Å². The third kappa shape index (κ3) is 4.17. The molecule has 1 atom stereocenters. The molecule has 156 valence electrons. The first-order valence-corrected chi connectivity index (χ1v) is 11.4. The highest BCUT2D eigenvalue weighted by Crippen LogP contribution is 2.35. The van der Waals surface area contributed by atoms with Gasteiger partial charge in [-0.05, 0) is 55.3 Å². The highest BCUT2D eigenvalue weighted by Gasteiger charge is 2.35. The summed E-state index contributed by atoms with van der Waals surface area (Å²) in [7, 11) is -2.82. The van der Waals surface area contributed by atoms with Gasteiger partial charge in [-0.3, -0.25) is 4.79 Å². The Morgan fingerprint density at radius 2 is 2.03 bits per heavy atom. The number of anilines is 1. The molecule has 9 heteroatoms. The Morgan fingerprint density at radius 1 is 1.31 bits per heavy atom. The quantitative estimate of drug-likeness (QED) is 0.628. The van der Waals surface area contributed by atoms with Gasteiger partial charge in [0.2, 0.25) is 15.9 Å². The summed E-state index contributed by atoms with van der Waals surface area (Å²) in [6, 6.07) is 8.87. The van der Waals surface area contributed by atoms with Gasteiger partial charge in [0.15, 0.2) is 0 Å². The van der Waals surface area contributed by atoms with Crippen molar-refractivity contribution in [1.82, 2.24) is 4.31 Å². The van der Waals surface area contributed by atoms with E-state index in [1.54, 1.807) is 11.8 Å². The van der Waals surface area contributed by atoms with Crippen molar-refractivity contribution < 1.29 is 22.3 Å². The summed E-state index contributed by atoms with van der Waals surface area (Å²) < 4.78 is 47.0. The molecule has 1 unspecified atom stereocenters. The van der Waals surface area contributed by atoms with Crippen molar-refractivity contribution in [3.05, 3.63) is 52.3 Å². The number of halogens is 2. The van der Waals surface area contributed by atoms with E-state index in [0.29, 0.717) is 6.42 Å². The molecule has 29 heavy (non-hydrogen) atoms. The zero-order valence-corrected chi connectivity index (χ0v) is 18.8. The molecular weight excluding hydrogens is 463 g/mol. The molecule has 1 heterocycles. The Bertz CT molecular complexity index is 1040. The Balaban J connectivity index is 1.91. The van der Waals surface area contributed by atoms with Crippen LogP contribution in [0.25, 0.3) is 0 Å². The number of hydrogen-bond donors (Lipinski definition) is 0. The molecule has 0 saturated carbocycles. The van der Waals surface area contributed by atoms with Crippen molar-refractivity contribution in [2.45, 2.75) is 31.2 Å². The van der Waals surface area contributed by atoms with Gasteiger partial charge < -0.3 is 9.64 Å². The normalized spacial score (nSPS) is 16.2. The van der Waals surface area contributed by atoms with E-state index in [2.05, 4.69) is 15.9 Å². The first-order valence-electron chi connectivity index (χ1n) is 9.13. The van der Waals surface area contributed by atoms with Crippen LogP contribution < -0.4 is 9.64 Å². The molecule has 1 aliphatic heterocycles. The van der Waals surface area contributed by atoms with E-state index in [-0.39, 0.29) is 35.7 Å². The molecule has 0 aromatic heterocycles. The maximum Gasteiger partial charge on any atom is 0.247 e. The summed E-state index contributed by atoms with van der Waals surface area (Å²) in [6.07, 6.45) is 0.692. The molecular formula is C20H22BrFN2O4S. The zero-order valence-electron chi connectivity index (χ0n) is 16.4. The summed E-state index contributed by atoms with van der Waals surface area (Å²) in [5.41, 5.74) is 1.81. The van der Waals surface area contributed by atoms with Crippen LogP contribution in [0.15, 0.2) is 45.8 Å². The summed E-state index contributed by atoms with van der Waals surface area (Å²) in [6.45, 7) is 3.27. The van der Waals surface area contributed by atoms with Crippen LogP contribution in [0.2, 0.25) is 0 Å². The van der Waals surface area contributed by atoms with Crippen molar-refractivity contribution in [2.75, 3.05) is 25.1 Å². The minimum absolute atomic E-state index is 0.0297. The number of benzene rings is 2. The smallest absolute Gasteiger partial charge is 0.247 e. The topological polar surface area (TPSA) is 66.9 Å². The first-order chi connectivity index (χ1) is 13.7. The number of carbonyl (C=O) groups excluding carboxylic acids is 1. The van der Waals surface area contributed by atoms with Crippen LogP contribution >= 0.6 is 15.9 Å². The number of hydrogen-bond acceptors (Lipinski definition) is 4. The minimum atomic E-state index is -4.13. The lowest BCUT2D eigenvalue weighted by atomic mass is 10.1. The van der Waals surface area contributed by atoms with E-state index in [1.165, 1.54) is 13.2 Å². The van der Waals surface area contributed by atoms with Crippen molar-refractivity contribution in [2.24, 2.45) is 0 Å². The second kappa shape index (κ2) is 8.41. The number of nitrogens with zero attached hydrogens (tertiary/aromatic N) is 2. The molecule has 0 N–H and O–H groups in total. The molecule has 0 spiro atoms. The van der Waals surface area contributed by atoms with Gasteiger partial charge in [-0.15, -0.1) is 0 Å². The lowest BCUT2D eigenvalue weighted by molar-refractivity contribution is -0.119. The van der Waals surface area contributed by atoms with Crippen molar-refractivity contribution in [1.29, 1.82) is 0 Å². The molecule has 1 aliphatic rings. The molecule has 3 rings (SSSR count). The van der Waals surface area contributed by atoms with Crippen LogP contribution in [0.1, 0.15) is 19.4 Å². The van der Waals surface area contributed by atoms with E-state index >= 15 is 0 Å². The number of carbonyl (C=O) groups is 1. The lowest BCUT2D eigenvalue weighted by Gasteiger charge is -2.27. The third-order valence-electron chi connectivity index (χ3n) is 4.93. The summed E-state index contributed by atoms with van der Waals surface area (Å²) in [5.74, 6) is -0.999. The van der Waals surface area contributed by atoms with Gasteiger partial charge in [-0.25, -0.2) is 12.8 Å². The number of likely N-dealkylation sites (N-methyl/N-ethyl adjacent to an activating group) is 1. The lowest BCUT2D eigenvalue weighted by Crippen LogP contribution is -2.45. The highest BCUT2D eigenvalue weighted by atomic mass is 79.9. The van der Waals surface area contributed by atoms with Crippen LogP contribution in [0.3, 0.4) is 0 Å². The summed E-state index contributed by atoms with van der Waals surface area (Å²) >= 11 is 3.43. The fraction of sp³-hybridized carbons (Fsp3) is 0.350. The van der Waals surface area contributed by atoms with Gasteiger partial charge in [0.25, 0.3) is 0 Å². The zero-order chi connectivity index (χ0) is 21.3. The Labute approximate surface area is 178 Å². The molecule has 0 bridgehead atoms. The van der Waals surface area contributed by atoms with E-state index in [0.717, 1.165) is 32.2 Å². The maximum absolute atomic E-state index is 13.7. The minimum Gasteiger partial charge on any atom is -0.495 e. The number of amides is 1. The molecule has 2 aromatic carbocycles. The number of ether oxygens (including phenoxy) is 1. The van der Waals surface area contributed by atoms with Gasteiger partial charge in [0, 0.05) is 22.7 Å². The van der Waals surface area contributed by atoms with Crippen LogP contribution in [0.4, 0.5) is 10.1 Å². The maximum atomic E-state index is 13.7. The van der Waals surface area contributed by atoms with Gasteiger partial charge >= 0.3 is 0 Å². The van der Waals surface area contributed by atoms with Crippen LogP contribution in [0, 0.1) is 5.82 Å². The van der Waals surface area contributed by atoms with E-state index in [4.69, 9.17) is 4.74 Å². The van der Waals surface area contributed by atoms with Crippen LogP contribution in [-0.2, 0) is 21.2 Å². The average molecular weight is 485 g/mol.